The zero-order valence-electron chi connectivity index (χ0n) is 13.3. The molecule has 2 rings (SSSR count). The Morgan fingerprint density at radius 2 is 2.00 bits per heavy atom. The molecule has 6 nitrogen and oxygen atoms in total. The van der Waals surface area contributed by atoms with Crippen LogP contribution >= 0.6 is 12.4 Å². The molecule has 1 saturated heterocycles. The SMILES string of the molecule is Cc1ccc(C(=O)N2CCOCC2)cc1NC(=O)CCCN.Cl. The van der Waals surface area contributed by atoms with Gasteiger partial charge in [0.2, 0.25) is 5.91 Å². The predicted molar refractivity (Wildman–Crippen MR) is 92.1 cm³/mol. The van der Waals surface area contributed by atoms with Gasteiger partial charge in [-0.15, -0.1) is 12.4 Å². The molecular formula is C16H24ClN3O3. The molecule has 0 atom stereocenters. The number of aryl methyl sites for hydroxylation is 1. The highest BCUT2D eigenvalue weighted by Gasteiger charge is 2.19. The Hall–Kier alpha value is -1.63. The molecule has 7 heteroatoms. The molecule has 1 aliphatic rings. The Labute approximate surface area is 142 Å². The predicted octanol–water partition coefficient (Wildman–Crippen LogP) is 1.57. The number of rotatable bonds is 5. The van der Waals surface area contributed by atoms with E-state index in [1.165, 1.54) is 0 Å². The normalized spacial score (nSPS) is 14.1. The second kappa shape index (κ2) is 9.50. The van der Waals surface area contributed by atoms with Gasteiger partial charge < -0.3 is 20.7 Å². The number of carbonyl (C=O) groups is 2. The highest BCUT2D eigenvalue weighted by Crippen LogP contribution is 2.19. The standard InChI is InChI=1S/C16H23N3O3.ClH/c1-12-4-5-13(16(21)19-7-9-22-10-8-19)11-14(12)18-15(20)3-2-6-17;/h4-5,11H,2-3,6-10,17H2,1H3,(H,18,20);1H. The summed E-state index contributed by atoms with van der Waals surface area (Å²) in [7, 11) is 0. The molecule has 0 bridgehead atoms. The Bertz CT molecular complexity index is 545. The van der Waals surface area contributed by atoms with E-state index in [-0.39, 0.29) is 24.2 Å². The number of nitrogens with zero attached hydrogens (tertiary/aromatic N) is 1. The van der Waals surface area contributed by atoms with Gasteiger partial charge in [0.25, 0.3) is 5.91 Å². The number of halogens is 1. The van der Waals surface area contributed by atoms with Crippen molar-refractivity contribution >= 4 is 29.9 Å². The molecule has 2 amide bonds. The van der Waals surface area contributed by atoms with E-state index in [0.717, 1.165) is 5.56 Å². The van der Waals surface area contributed by atoms with Gasteiger partial charge in [0.05, 0.1) is 13.2 Å². The molecule has 0 aromatic heterocycles. The first-order valence-corrected chi connectivity index (χ1v) is 7.59. The molecule has 0 saturated carbocycles. The Kier molecular flexibility index (Phi) is 8.02. The van der Waals surface area contributed by atoms with Gasteiger partial charge in [0.1, 0.15) is 0 Å². The molecule has 0 spiro atoms. The summed E-state index contributed by atoms with van der Waals surface area (Å²) in [4.78, 5) is 26.1. The van der Waals surface area contributed by atoms with Crippen LogP contribution in [-0.2, 0) is 9.53 Å². The van der Waals surface area contributed by atoms with Gasteiger partial charge in [-0.1, -0.05) is 6.07 Å². The lowest BCUT2D eigenvalue weighted by Crippen LogP contribution is -2.40. The van der Waals surface area contributed by atoms with E-state index in [1.807, 2.05) is 13.0 Å². The van der Waals surface area contributed by atoms with Gasteiger partial charge in [0.15, 0.2) is 0 Å². The third-order valence-electron chi connectivity index (χ3n) is 3.66. The Balaban J connectivity index is 0.00000264. The molecule has 1 aromatic rings. The van der Waals surface area contributed by atoms with Crippen LogP contribution in [0.3, 0.4) is 0 Å². The highest BCUT2D eigenvalue weighted by atomic mass is 35.5. The molecule has 1 heterocycles. The van der Waals surface area contributed by atoms with E-state index in [1.54, 1.807) is 17.0 Å². The van der Waals surface area contributed by atoms with Crippen LogP contribution in [0.2, 0.25) is 0 Å². The molecule has 0 radical (unpaired) electrons. The van der Waals surface area contributed by atoms with E-state index < -0.39 is 0 Å². The van der Waals surface area contributed by atoms with Crippen molar-refractivity contribution in [2.45, 2.75) is 19.8 Å². The van der Waals surface area contributed by atoms with Crippen molar-refractivity contribution in [3.8, 4) is 0 Å². The first kappa shape index (κ1) is 19.4. The zero-order chi connectivity index (χ0) is 15.9. The summed E-state index contributed by atoms with van der Waals surface area (Å²) in [5.74, 6) is -0.106. The number of carbonyl (C=O) groups excluding carboxylic acids is 2. The van der Waals surface area contributed by atoms with Gasteiger partial charge in [-0.2, -0.15) is 0 Å². The van der Waals surface area contributed by atoms with Crippen molar-refractivity contribution in [1.29, 1.82) is 0 Å². The lowest BCUT2D eigenvalue weighted by molar-refractivity contribution is -0.116. The minimum atomic E-state index is -0.0791. The lowest BCUT2D eigenvalue weighted by atomic mass is 10.1. The van der Waals surface area contributed by atoms with Gasteiger partial charge in [-0.25, -0.2) is 0 Å². The van der Waals surface area contributed by atoms with Crippen LogP contribution in [0, 0.1) is 6.92 Å². The van der Waals surface area contributed by atoms with E-state index >= 15 is 0 Å². The third-order valence-corrected chi connectivity index (χ3v) is 3.66. The van der Waals surface area contributed by atoms with Gasteiger partial charge in [-0.05, 0) is 37.6 Å². The third kappa shape index (κ3) is 5.49. The number of benzene rings is 1. The van der Waals surface area contributed by atoms with Gasteiger partial charge in [-0.3, -0.25) is 9.59 Å². The maximum Gasteiger partial charge on any atom is 0.254 e. The fourth-order valence-corrected chi connectivity index (χ4v) is 2.31. The van der Waals surface area contributed by atoms with Gasteiger partial charge in [0, 0.05) is 30.8 Å². The second-order valence-corrected chi connectivity index (χ2v) is 5.37. The molecule has 1 aromatic carbocycles. The van der Waals surface area contributed by atoms with E-state index in [4.69, 9.17) is 10.5 Å². The van der Waals surface area contributed by atoms with Crippen molar-refractivity contribution in [3.63, 3.8) is 0 Å². The number of nitrogens with two attached hydrogens (primary N) is 1. The van der Waals surface area contributed by atoms with Gasteiger partial charge >= 0.3 is 0 Å². The number of amides is 2. The molecule has 0 unspecified atom stereocenters. The van der Waals surface area contributed by atoms with E-state index in [9.17, 15) is 9.59 Å². The number of ether oxygens (including phenoxy) is 1. The quantitative estimate of drug-likeness (QED) is 0.851. The average Bonchev–Trinajstić information content (AvgIpc) is 2.55. The fraction of sp³-hybridized carbons (Fsp3) is 0.500. The van der Waals surface area contributed by atoms with Crippen LogP contribution in [0.15, 0.2) is 18.2 Å². The number of anilines is 1. The van der Waals surface area contributed by atoms with Crippen molar-refractivity contribution in [3.05, 3.63) is 29.3 Å². The van der Waals surface area contributed by atoms with Crippen LogP contribution in [-0.4, -0.2) is 49.6 Å². The molecule has 1 aliphatic heterocycles. The summed E-state index contributed by atoms with van der Waals surface area (Å²) in [5.41, 5.74) is 7.60. The van der Waals surface area contributed by atoms with Crippen LogP contribution in [0.1, 0.15) is 28.8 Å². The van der Waals surface area contributed by atoms with E-state index in [2.05, 4.69) is 5.32 Å². The molecule has 3 N–H and O–H groups in total. The maximum atomic E-state index is 12.5. The lowest BCUT2D eigenvalue weighted by Gasteiger charge is -2.27. The van der Waals surface area contributed by atoms with Crippen molar-refractivity contribution < 1.29 is 14.3 Å². The van der Waals surface area contributed by atoms with Crippen molar-refractivity contribution in [2.24, 2.45) is 5.73 Å². The molecule has 1 fully saturated rings. The summed E-state index contributed by atoms with van der Waals surface area (Å²) in [6.07, 6.45) is 1.04. The zero-order valence-corrected chi connectivity index (χ0v) is 14.2. The minimum absolute atomic E-state index is 0. The number of hydrogen-bond donors (Lipinski definition) is 2. The van der Waals surface area contributed by atoms with E-state index in [0.29, 0.717) is 56.9 Å². The van der Waals surface area contributed by atoms with Crippen LogP contribution < -0.4 is 11.1 Å². The Morgan fingerprint density at radius 1 is 1.30 bits per heavy atom. The molecular weight excluding hydrogens is 318 g/mol. The summed E-state index contributed by atoms with van der Waals surface area (Å²) in [5, 5.41) is 2.85. The fourth-order valence-electron chi connectivity index (χ4n) is 2.31. The minimum Gasteiger partial charge on any atom is -0.378 e. The first-order chi connectivity index (χ1) is 10.6. The molecule has 23 heavy (non-hydrogen) atoms. The monoisotopic (exact) mass is 341 g/mol. The molecule has 0 aliphatic carbocycles. The Morgan fingerprint density at radius 3 is 2.65 bits per heavy atom. The largest absolute Gasteiger partial charge is 0.378 e. The first-order valence-electron chi connectivity index (χ1n) is 7.59. The van der Waals surface area contributed by atoms with Crippen molar-refractivity contribution in [1.82, 2.24) is 4.90 Å². The summed E-state index contributed by atoms with van der Waals surface area (Å²) in [6, 6.07) is 5.39. The van der Waals surface area contributed by atoms with Crippen LogP contribution in [0.5, 0.6) is 0 Å². The maximum absolute atomic E-state index is 12.5. The number of nitrogens with one attached hydrogen (secondary N) is 1. The molecule has 128 valence electrons. The summed E-state index contributed by atoms with van der Waals surface area (Å²) >= 11 is 0. The number of morpholine rings is 1. The number of hydrogen-bond acceptors (Lipinski definition) is 4. The average molecular weight is 342 g/mol. The highest BCUT2D eigenvalue weighted by molar-refractivity contribution is 5.97. The second-order valence-electron chi connectivity index (χ2n) is 5.37. The summed E-state index contributed by atoms with van der Waals surface area (Å²) in [6.45, 7) is 4.74. The van der Waals surface area contributed by atoms with Crippen molar-refractivity contribution in [2.75, 3.05) is 38.2 Å². The van der Waals surface area contributed by atoms with Crippen LogP contribution in [0.25, 0.3) is 0 Å². The smallest absolute Gasteiger partial charge is 0.254 e. The topological polar surface area (TPSA) is 84.7 Å². The van der Waals surface area contributed by atoms with Crippen LogP contribution in [0.4, 0.5) is 5.69 Å². The summed E-state index contributed by atoms with van der Waals surface area (Å²) < 4.78 is 5.26.